The predicted molar refractivity (Wildman–Crippen MR) is 56.8 cm³/mol. The molecule has 0 aliphatic heterocycles. The van der Waals surface area contributed by atoms with Gasteiger partial charge in [-0.3, -0.25) is 9.59 Å². The monoisotopic (exact) mass is 222 g/mol. The molecule has 0 aromatic rings. The summed E-state index contributed by atoms with van der Waals surface area (Å²) in [5, 5.41) is 19.7. The fourth-order valence-electron chi connectivity index (χ4n) is 2.12. The average Bonchev–Trinajstić information content (AvgIpc) is 2.38. The van der Waals surface area contributed by atoms with E-state index in [1.54, 1.807) is 0 Å². The van der Waals surface area contributed by atoms with E-state index in [0.29, 0.717) is 18.4 Å². The molecule has 0 bridgehead atoms. The largest absolute Gasteiger partial charge is 0.508 e. The molecule has 4 heteroatoms. The zero-order chi connectivity index (χ0) is 11.9. The Kier molecular flexibility index (Phi) is 2.46. The third-order valence-electron chi connectivity index (χ3n) is 3.18. The summed E-state index contributed by atoms with van der Waals surface area (Å²) in [6, 6.07) is 0. The molecule has 1 atom stereocenters. The Morgan fingerprint density at radius 1 is 1.25 bits per heavy atom. The van der Waals surface area contributed by atoms with Crippen molar-refractivity contribution in [1.82, 2.24) is 0 Å². The van der Waals surface area contributed by atoms with Gasteiger partial charge >= 0.3 is 0 Å². The van der Waals surface area contributed by atoms with Crippen LogP contribution in [0, 0.1) is 0 Å². The van der Waals surface area contributed by atoms with Gasteiger partial charge in [-0.05, 0) is 37.8 Å². The van der Waals surface area contributed by atoms with E-state index in [4.69, 9.17) is 0 Å². The maximum atomic E-state index is 11.8. The van der Waals surface area contributed by atoms with Crippen LogP contribution in [0.5, 0.6) is 0 Å². The molecule has 1 saturated carbocycles. The van der Waals surface area contributed by atoms with Crippen LogP contribution >= 0.6 is 0 Å². The molecule has 2 N–H and O–H groups in total. The minimum atomic E-state index is -1.95. The summed E-state index contributed by atoms with van der Waals surface area (Å²) < 4.78 is 0. The molecular weight excluding hydrogens is 208 g/mol. The zero-order valence-corrected chi connectivity index (χ0v) is 9.12. The lowest BCUT2D eigenvalue weighted by atomic mass is 9.83. The molecule has 16 heavy (non-hydrogen) atoms. The second kappa shape index (κ2) is 3.56. The molecule has 0 amide bonds. The van der Waals surface area contributed by atoms with Gasteiger partial charge in [0.25, 0.3) is 0 Å². The first-order valence-corrected chi connectivity index (χ1v) is 5.39. The zero-order valence-electron chi connectivity index (χ0n) is 9.12. The van der Waals surface area contributed by atoms with Crippen LogP contribution in [-0.2, 0) is 9.59 Å². The van der Waals surface area contributed by atoms with Crippen LogP contribution in [-0.4, -0.2) is 27.4 Å². The number of aliphatic hydroxyl groups is 2. The maximum Gasteiger partial charge on any atom is 0.194 e. The van der Waals surface area contributed by atoms with E-state index in [9.17, 15) is 19.8 Å². The minimum Gasteiger partial charge on any atom is -0.508 e. The highest BCUT2D eigenvalue weighted by atomic mass is 16.3. The SMILES string of the molecule is C[C@@]1(O)C(=O)C=C2CCCCC(=O)C2=C1O. The van der Waals surface area contributed by atoms with Crippen molar-refractivity contribution in [3.05, 3.63) is 23.0 Å². The molecule has 0 aromatic heterocycles. The Hall–Kier alpha value is -1.42. The molecule has 0 radical (unpaired) electrons. The number of carbonyl (C=O) groups excluding carboxylic acids is 2. The van der Waals surface area contributed by atoms with Crippen molar-refractivity contribution in [1.29, 1.82) is 0 Å². The van der Waals surface area contributed by atoms with Crippen LogP contribution in [0.3, 0.4) is 0 Å². The Labute approximate surface area is 93.3 Å². The van der Waals surface area contributed by atoms with Crippen LogP contribution < -0.4 is 0 Å². The van der Waals surface area contributed by atoms with Gasteiger partial charge in [0.1, 0.15) is 5.76 Å². The molecule has 86 valence electrons. The van der Waals surface area contributed by atoms with Gasteiger partial charge in [0.15, 0.2) is 17.2 Å². The van der Waals surface area contributed by atoms with Gasteiger partial charge in [-0.15, -0.1) is 0 Å². The molecule has 2 aliphatic rings. The lowest BCUT2D eigenvalue weighted by molar-refractivity contribution is -0.130. The number of carbonyl (C=O) groups is 2. The first-order chi connectivity index (χ1) is 7.44. The number of hydrogen-bond acceptors (Lipinski definition) is 4. The van der Waals surface area contributed by atoms with Gasteiger partial charge in [0.2, 0.25) is 0 Å². The first-order valence-electron chi connectivity index (χ1n) is 5.39. The average molecular weight is 222 g/mol. The molecule has 0 aromatic carbocycles. The topological polar surface area (TPSA) is 74.6 Å². The summed E-state index contributed by atoms with van der Waals surface area (Å²) in [7, 11) is 0. The second-order valence-electron chi connectivity index (χ2n) is 4.46. The van der Waals surface area contributed by atoms with Crippen LogP contribution in [0.2, 0.25) is 0 Å². The Balaban J connectivity index is 2.58. The molecule has 0 spiro atoms. The predicted octanol–water partition coefficient (Wildman–Crippen LogP) is 1.20. The molecule has 2 rings (SSSR count). The molecule has 0 unspecified atom stereocenters. The summed E-state index contributed by atoms with van der Waals surface area (Å²) in [5.74, 6) is -1.23. The first kappa shape index (κ1) is 11.1. The highest BCUT2D eigenvalue weighted by Gasteiger charge is 2.42. The molecular formula is C12H14O4. The summed E-state index contributed by atoms with van der Waals surface area (Å²) in [4.78, 5) is 23.3. The number of ketones is 2. The standard InChI is InChI=1S/C12H14O4/c1-12(16)9(14)6-7-4-2-3-5-8(13)10(7)11(12)15/h6,15-16H,2-5H2,1H3/t12-/m1/s1. The molecule has 4 nitrogen and oxygen atoms in total. The van der Waals surface area contributed by atoms with E-state index < -0.39 is 17.1 Å². The molecule has 1 fully saturated rings. The Bertz CT molecular complexity index is 426. The van der Waals surface area contributed by atoms with Gasteiger partial charge in [-0.2, -0.15) is 0 Å². The van der Waals surface area contributed by atoms with E-state index in [0.717, 1.165) is 12.8 Å². The van der Waals surface area contributed by atoms with Crippen molar-refractivity contribution in [2.45, 2.75) is 38.2 Å². The third kappa shape index (κ3) is 1.50. The number of fused-ring (bicyclic) bond motifs is 1. The number of aliphatic hydroxyl groups excluding tert-OH is 1. The lowest BCUT2D eigenvalue weighted by Crippen LogP contribution is -2.40. The van der Waals surface area contributed by atoms with Gasteiger partial charge in [0.05, 0.1) is 5.57 Å². The van der Waals surface area contributed by atoms with Gasteiger partial charge in [-0.25, -0.2) is 0 Å². The lowest BCUT2D eigenvalue weighted by Gasteiger charge is -2.26. The third-order valence-corrected chi connectivity index (χ3v) is 3.18. The van der Waals surface area contributed by atoms with Crippen molar-refractivity contribution < 1.29 is 19.8 Å². The number of Topliss-reactive ketones (excluding diaryl/α,β-unsaturated/α-hetero) is 1. The summed E-state index contributed by atoms with van der Waals surface area (Å²) in [6.07, 6.45) is 3.83. The smallest absolute Gasteiger partial charge is 0.194 e. The van der Waals surface area contributed by atoms with Gasteiger partial charge in [0, 0.05) is 6.42 Å². The maximum absolute atomic E-state index is 11.8. The Morgan fingerprint density at radius 3 is 2.56 bits per heavy atom. The van der Waals surface area contributed by atoms with Crippen LogP contribution in [0.25, 0.3) is 0 Å². The van der Waals surface area contributed by atoms with Crippen molar-refractivity contribution in [3.8, 4) is 0 Å². The molecule has 0 heterocycles. The highest BCUT2D eigenvalue weighted by molar-refractivity contribution is 6.09. The van der Waals surface area contributed by atoms with Gasteiger partial charge < -0.3 is 10.2 Å². The van der Waals surface area contributed by atoms with E-state index in [2.05, 4.69) is 0 Å². The van der Waals surface area contributed by atoms with E-state index >= 15 is 0 Å². The second-order valence-corrected chi connectivity index (χ2v) is 4.46. The summed E-state index contributed by atoms with van der Waals surface area (Å²) in [6.45, 7) is 1.21. The number of rotatable bonds is 0. The van der Waals surface area contributed by atoms with Crippen molar-refractivity contribution in [2.75, 3.05) is 0 Å². The fraction of sp³-hybridized carbons (Fsp3) is 0.500. The number of allylic oxidation sites excluding steroid dienone is 2. The number of hydrogen-bond donors (Lipinski definition) is 2. The molecule has 2 aliphatic carbocycles. The van der Waals surface area contributed by atoms with Crippen molar-refractivity contribution >= 4 is 11.6 Å². The normalized spacial score (nSPS) is 31.0. The van der Waals surface area contributed by atoms with Crippen LogP contribution in [0.1, 0.15) is 32.6 Å². The van der Waals surface area contributed by atoms with Crippen LogP contribution in [0.15, 0.2) is 23.0 Å². The highest BCUT2D eigenvalue weighted by Crippen LogP contribution is 2.35. The van der Waals surface area contributed by atoms with Crippen molar-refractivity contribution in [2.24, 2.45) is 0 Å². The van der Waals surface area contributed by atoms with Crippen molar-refractivity contribution in [3.63, 3.8) is 0 Å². The Morgan fingerprint density at radius 2 is 1.88 bits per heavy atom. The van der Waals surface area contributed by atoms with E-state index in [1.165, 1.54) is 13.0 Å². The quantitative estimate of drug-likeness (QED) is 0.645. The summed E-state index contributed by atoms with van der Waals surface area (Å²) >= 11 is 0. The summed E-state index contributed by atoms with van der Waals surface area (Å²) in [5.41, 5.74) is -1.22. The fourth-order valence-corrected chi connectivity index (χ4v) is 2.12. The van der Waals surface area contributed by atoms with E-state index in [-0.39, 0.29) is 11.4 Å². The molecule has 0 saturated heterocycles. The van der Waals surface area contributed by atoms with E-state index in [1.807, 2.05) is 0 Å². The van der Waals surface area contributed by atoms with Crippen LogP contribution in [0.4, 0.5) is 0 Å². The minimum absolute atomic E-state index is 0.155. The van der Waals surface area contributed by atoms with Gasteiger partial charge in [-0.1, -0.05) is 0 Å².